The van der Waals surface area contributed by atoms with Gasteiger partial charge >= 0.3 is 12.1 Å². The second kappa shape index (κ2) is 22.3. The van der Waals surface area contributed by atoms with Crippen molar-refractivity contribution in [2.24, 2.45) is 29.2 Å². The molecular formula is C39H55F3N8O5. The van der Waals surface area contributed by atoms with E-state index < -0.39 is 24.2 Å². The van der Waals surface area contributed by atoms with Gasteiger partial charge in [-0.25, -0.2) is 4.79 Å². The number of hydrogen-bond donors (Lipinski definition) is 9. The molecule has 0 bridgehead atoms. The van der Waals surface area contributed by atoms with Gasteiger partial charge in [0.25, 0.3) is 0 Å². The van der Waals surface area contributed by atoms with E-state index in [9.17, 15) is 27.6 Å². The van der Waals surface area contributed by atoms with Crippen molar-refractivity contribution in [3.63, 3.8) is 0 Å². The van der Waals surface area contributed by atoms with Crippen molar-refractivity contribution in [3.8, 4) is 0 Å². The number of carbonyl (C=O) groups is 4. The number of carboxylic acids is 1. The predicted molar refractivity (Wildman–Crippen MR) is 203 cm³/mol. The van der Waals surface area contributed by atoms with Crippen LogP contribution in [0.4, 0.5) is 13.2 Å². The van der Waals surface area contributed by atoms with Gasteiger partial charge < -0.3 is 37.8 Å². The lowest BCUT2D eigenvalue weighted by Gasteiger charge is -2.34. The Morgan fingerprint density at radius 1 is 0.745 bits per heavy atom. The number of halogens is 3. The van der Waals surface area contributed by atoms with Crippen LogP contribution < -0.4 is 32.7 Å². The van der Waals surface area contributed by atoms with Crippen molar-refractivity contribution < 1.29 is 37.5 Å². The van der Waals surface area contributed by atoms with Crippen molar-refractivity contribution in [2.45, 2.75) is 108 Å². The van der Waals surface area contributed by atoms with Gasteiger partial charge in [-0.2, -0.15) is 13.2 Å². The molecule has 11 N–H and O–H groups in total. The molecular weight excluding hydrogens is 717 g/mol. The number of benzene rings is 2. The third-order valence-corrected chi connectivity index (χ3v) is 10.1. The number of carboxylic acid groups (broad SMARTS) is 1. The topological polar surface area (TPSA) is 236 Å². The first-order chi connectivity index (χ1) is 26.1. The maximum atomic E-state index is 14.3. The summed E-state index contributed by atoms with van der Waals surface area (Å²) < 4.78 is 31.7. The van der Waals surface area contributed by atoms with Gasteiger partial charge in [0.15, 0.2) is 5.96 Å². The number of nitrogens with two attached hydrogens (primary N) is 2. The van der Waals surface area contributed by atoms with Gasteiger partial charge in [-0.15, -0.1) is 0 Å². The first-order valence-corrected chi connectivity index (χ1v) is 18.9. The molecule has 0 aliphatic heterocycles. The Labute approximate surface area is 320 Å². The summed E-state index contributed by atoms with van der Waals surface area (Å²) in [6.45, 7) is 0.726. The summed E-state index contributed by atoms with van der Waals surface area (Å²) in [5, 5.41) is 34.3. The molecule has 3 unspecified atom stereocenters. The van der Waals surface area contributed by atoms with Gasteiger partial charge in [0, 0.05) is 24.6 Å². The Morgan fingerprint density at radius 2 is 1.31 bits per heavy atom. The molecule has 4 rings (SSSR count). The summed E-state index contributed by atoms with van der Waals surface area (Å²) in [5.41, 5.74) is 13.7. The Hall–Kier alpha value is -5.15. The number of amidine groups is 1. The SMILES string of the molecule is N=C(N)NCCCC(NC(=O)C(NC(=O)C(Cc1ccc(C(=N)N)cc1)C1CCCCC1)C1CCCCC1)C(=O)NCc1ccccc1.O=C(O)C(F)(F)F. The minimum atomic E-state index is -5.08. The second-order valence-corrected chi connectivity index (χ2v) is 14.3. The van der Waals surface area contributed by atoms with E-state index in [0.717, 1.165) is 68.9 Å². The quantitative estimate of drug-likeness (QED) is 0.0669. The molecule has 2 aromatic rings. The molecule has 2 aromatic carbocycles. The van der Waals surface area contributed by atoms with Gasteiger partial charge in [-0.3, -0.25) is 25.2 Å². The van der Waals surface area contributed by atoms with Gasteiger partial charge in [0.1, 0.15) is 17.9 Å². The van der Waals surface area contributed by atoms with E-state index in [0.29, 0.717) is 37.9 Å². The van der Waals surface area contributed by atoms with E-state index in [1.54, 1.807) is 0 Å². The van der Waals surface area contributed by atoms with Crippen LogP contribution in [0, 0.1) is 28.6 Å². The molecule has 0 radical (unpaired) electrons. The normalized spacial score (nSPS) is 16.6. The first kappa shape index (κ1) is 44.2. The van der Waals surface area contributed by atoms with Gasteiger partial charge in [-0.1, -0.05) is 93.1 Å². The van der Waals surface area contributed by atoms with E-state index in [-0.39, 0.29) is 47.3 Å². The second-order valence-electron chi connectivity index (χ2n) is 14.3. The van der Waals surface area contributed by atoms with E-state index >= 15 is 0 Å². The molecule has 2 fully saturated rings. The van der Waals surface area contributed by atoms with Crippen LogP contribution in [-0.2, 0) is 32.1 Å². The van der Waals surface area contributed by atoms with Crippen LogP contribution in [0.5, 0.6) is 0 Å². The number of carbonyl (C=O) groups excluding carboxylic acids is 3. The molecule has 2 saturated carbocycles. The lowest BCUT2D eigenvalue weighted by molar-refractivity contribution is -0.192. The molecule has 302 valence electrons. The highest BCUT2D eigenvalue weighted by Crippen LogP contribution is 2.33. The average Bonchev–Trinajstić information content (AvgIpc) is 3.17. The summed E-state index contributed by atoms with van der Waals surface area (Å²) in [7, 11) is 0. The average molecular weight is 773 g/mol. The van der Waals surface area contributed by atoms with Gasteiger partial charge in [0.05, 0.1) is 0 Å². The highest BCUT2D eigenvalue weighted by Gasteiger charge is 2.39. The minimum absolute atomic E-state index is 0.00614. The number of amides is 3. The van der Waals surface area contributed by atoms with Crippen LogP contribution in [0.2, 0.25) is 0 Å². The van der Waals surface area contributed by atoms with Crippen molar-refractivity contribution in [1.29, 1.82) is 10.8 Å². The van der Waals surface area contributed by atoms with Crippen LogP contribution in [0.1, 0.15) is 93.7 Å². The molecule has 0 aromatic heterocycles. The highest BCUT2D eigenvalue weighted by atomic mass is 19.4. The fourth-order valence-corrected chi connectivity index (χ4v) is 7.18. The number of rotatable bonds is 16. The lowest BCUT2D eigenvalue weighted by Crippen LogP contribution is -2.57. The molecule has 0 saturated heterocycles. The van der Waals surface area contributed by atoms with Gasteiger partial charge in [0.2, 0.25) is 17.7 Å². The molecule has 0 heterocycles. The van der Waals surface area contributed by atoms with Crippen molar-refractivity contribution in [2.75, 3.05) is 6.54 Å². The predicted octanol–water partition coefficient (Wildman–Crippen LogP) is 4.47. The van der Waals surface area contributed by atoms with Crippen LogP contribution >= 0.6 is 0 Å². The van der Waals surface area contributed by atoms with Crippen molar-refractivity contribution in [1.82, 2.24) is 21.3 Å². The fourth-order valence-electron chi connectivity index (χ4n) is 7.18. The van der Waals surface area contributed by atoms with E-state index in [4.69, 9.17) is 32.2 Å². The number of alkyl halides is 3. The molecule has 13 nitrogen and oxygen atoms in total. The van der Waals surface area contributed by atoms with Crippen molar-refractivity contribution >= 4 is 35.5 Å². The van der Waals surface area contributed by atoms with Crippen molar-refractivity contribution in [3.05, 3.63) is 71.3 Å². The number of aliphatic carboxylic acids is 1. The molecule has 55 heavy (non-hydrogen) atoms. The summed E-state index contributed by atoms with van der Waals surface area (Å²) in [6.07, 6.45) is 6.38. The molecule has 2 aliphatic rings. The van der Waals surface area contributed by atoms with Gasteiger partial charge in [-0.05, 0) is 67.9 Å². The molecule has 3 amide bonds. The Morgan fingerprint density at radius 3 is 1.84 bits per heavy atom. The smallest absolute Gasteiger partial charge is 0.475 e. The molecule has 0 spiro atoms. The third kappa shape index (κ3) is 15.6. The standard InChI is InChI=1S/C37H54N8O3.C2HF3O2/c38-33(39)29-20-18-25(19-21-29)23-30(27-13-6-2-7-14-27)34(46)45-32(28-15-8-3-9-16-28)36(48)44-31(17-10-22-42-37(40)41)35(47)43-24-26-11-4-1-5-12-26;3-2(4,5)1(6)7/h1,4-5,11-12,18-21,27-28,30-32H,2-3,6-10,13-17,22-24H2,(H3,38,39)(H,43,47)(H,44,48)(H,45,46)(H4,40,41,42);(H,6,7). The van der Waals surface area contributed by atoms with E-state index in [1.807, 2.05) is 54.6 Å². The maximum Gasteiger partial charge on any atom is 0.490 e. The summed E-state index contributed by atoms with van der Waals surface area (Å²) in [5.74, 6) is -3.73. The molecule has 3 atom stereocenters. The first-order valence-electron chi connectivity index (χ1n) is 18.9. The summed E-state index contributed by atoms with van der Waals surface area (Å²) in [4.78, 5) is 50.8. The maximum absolute atomic E-state index is 14.3. The Bertz CT molecular complexity index is 1560. The van der Waals surface area contributed by atoms with Crippen LogP contribution in [0.25, 0.3) is 0 Å². The zero-order valence-electron chi connectivity index (χ0n) is 31.1. The summed E-state index contributed by atoms with van der Waals surface area (Å²) in [6, 6.07) is 15.5. The Kier molecular flexibility index (Phi) is 17.9. The number of hydrogen-bond acceptors (Lipinski definition) is 6. The van der Waals surface area contributed by atoms with Crippen LogP contribution in [0.3, 0.4) is 0 Å². The van der Waals surface area contributed by atoms with Crippen LogP contribution in [0.15, 0.2) is 54.6 Å². The lowest BCUT2D eigenvalue weighted by atomic mass is 9.76. The molecule has 16 heteroatoms. The highest BCUT2D eigenvalue weighted by molar-refractivity contribution is 5.95. The zero-order valence-corrected chi connectivity index (χ0v) is 31.1. The zero-order chi connectivity index (χ0) is 40.4. The third-order valence-electron chi connectivity index (χ3n) is 10.1. The number of nitrogen functional groups attached to an aromatic ring is 1. The van der Waals surface area contributed by atoms with E-state index in [2.05, 4.69) is 21.3 Å². The van der Waals surface area contributed by atoms with Crippen LogP contribution in [-0.4, -0.2) is 65.4 Å². The minimum Gasteiger partial charge on any atom is -0.475 e. The Balaban J connectivity index is 0.00000106. The number of nitrogens with one attached hydrogen (secondary N) is 6. The fraction of sp³-hybridized carbons (Fsp3) is 0.538. The largest absolute Gasteiger partial charge is 0.490 e. The molecule has 2 aliphatic carbocycles. The summed E-state index contributed by atoms with van der Waals surface area (Å²) >= 11 is 0. The van der Waals surface area contributed by atoms with E-state index in [1.165, 1.54) is 6.42 Å². The monoisotopic (exact) mass is 772 g/mol. The number of guanidine groups is 1.